The van der Waals surface area contributed by atoms with E-state index in [2.05, 4.69) is 41.6 Å². The topological polar surface area (TPSA) is 34.9 Å². The number of aromatic nitrogens is 2. The molecule has 1 aromatic heterocycles. The van der Waals surface area contributed by atoms with Crippen LogP contribution >= 0.6 is 11.8 Å². The van der Waals surface area contributed by atoms with Crippen molar-refractivity contribution < 1.29 is 4.79 Å². The van der Waals surface area contributed by atoms with E-state index < -0.39 is 0 Å². The van der Waals surface area contributed by atoms with Crippen LogP contribution in [0.25, 0.3) is 5.69 Å². The Labute approximate surface area is 129 Å². The minimum absolute atomic E-state index is 0.0747. The lowest BCUT2D eigenvalue weighted by molar-refractivity contribution is -0.119. The van der Waals surface area contributed by atoms with Gasteiger partial charge in [-0.05, 0) is 38.3 Å². The molecule has 110 valence electrons. The first kappa shape index (κ1) is 14.4. The summed E-state index contributed by atoms with van der Waals surface area (Å²) in [6.45, 7) is 4.21. The normalized spacial score (nSPS) is 19.0. The first-order valence-corrected chi connectivity index (χ1v) is 8.33. The van der Waals surface area contributed by atoms with Gasteiger partial charge in [0.2, 0.25) is 0 Å². The third-order valence-corrected chi connectivity index (χ3v) is 5.26. The molecule has 0 bridgehead atoms. The molecule has 1 aliphatic carbocycles. The number of carbonyl (C=O) groups excluding carboxylic acids is 1. The molecule has 3 rings (SSSR count). The van der Waals surface area contributed by atoms with Crippen molar-refractivity contribution in [3.8, 4) is 5.69 Å². The van der Waals surface area contributed by atoms with Gasteiger partial charge in [-0.1, -0.05) is 35.9 Å². The van der Waals surface area contributed by atoms with Crippen LogP contribution in [0.3, 0.4) is 0 Å². The number of aryl methyl sites for hydroxylation is 2. The minimum Gasteiger partial charge on any atom is -0.298 e. The second-order valence-electron chi connectivity index (χ2n) is 5.69. The molecule has 1 aliphatic rings. The van der Waals surface area contributed by atoms with Crippen molar-refractivity contribution in [3.63, 3.8) is 0 Å². The summed E-state index contributed by atoms with van der Waals surface area (Å²) in [5, 5.41) is 0.993. The van der Waals surface area contributed by atoms with E-state index in [0.717, 1.165) is 36.5 Å². The number of benzene rings is 1. The number of nitrogens with zero attached hydrogens (tertiary/aromatic N) is 2. The Morgan fingerprint density at radius 1 is 1.29 bits per heavy atom. The third kappa shape index (κ3) is 3.05. The van der Waals surface area contributed by atoms with Crippen LogP contribution in [-0.2, 0) is 4.79 Å². The summed E-state index contributed by atoms with van der Waals surface area (Å²) in [7, 11) is 0. The Morgan fingerprint density at radius 3 is 2.90 bits per heavy atom. The average Bonchev–Trinajstić information content (AvgIpc) is 2.89. The van der Waals surface area contributed by atoms with Gasteiger partial charge in [0.15, 0.2) is 5.16 Å². The van der Waals surface area contributed by atoms with E-state index in [4.69, 9.17) is 0 Å². The SMILES string of the molecule is Cc1ccc(-n2ccnc2S[C@@H]2CCCCC2=O)c(C)c1. The molecule has 21 heavy (non-hydrogen) atoms. The van der Waals surface area contributed by atoms with Gasteiger partial charge in [0.05, 0.1) is 10.9 Å². The molecule has 3 nitrogen and oxygen atoms in total. The molecule has 2 aromatic rings. The van der Waals surface area contributed by atoms with Gasteiger partial charge in [-0.25, -0.2) is 4.98 Å². The van der Waals surface area contributed by atoms with E-state index in [0.29, 0.717) is 5.78 Å². The Kier molecular flexibility index (Phi) is 4.15. The van der Waals surface area contributed by atoms with Gasteiger partial charge in [0.25, 0.3) is 0 Å². The molecule has 1 aromatic carbocycles. The van der Waals surface area contributed by atoms with Crippen LogP contribution < -0.4 is 0 Å². The molecule has 0 spiro atoms. The van der Waals surface area contributed by atoms with E-state index >= 15 is 0 Å². The van der Waals surface area contributed by atoms with Gasteiger partial charge in [0.1, 0.15) is 5.78 Å². The van der Waals surface area contributed by atoms with E-state index in [-0.39, 0.29) is 5.25 Å². The Balaban J connectivity index is 1.88. The van der Waals surface area contributed by atoms with E-state index in [1.165, 1.54) is 11.1 Å². The minimum atomic E-state index is 0.0747. The molecule has 1 saturated carbocycles. The highest BCUT2D eigenvalue weighted by molar-refractivity contribution is 8.00. The molecular formula is C17H20N2OS. The molecule has 0 radical (unpaired) electrons. The number of imidazole rings is 1. The summed E-state index contributed by atoms with van der Waals surface area (Å²) < 4.78 is 2.10. The quantitative estimate of drug-likeness (QED) is 0.856. The van der Waals surface area contributed by atoms with Crippen LogP contribution in [-0.4, -0.2) is 20.6 Å². The maximum absolute atomic E-state index is 12.0. The Morgan fingerprint density at radius 2 is 2.14 bits per heavy atom. The van der Waals surface area contributed by atoms with Crippen molar-refractivity contribution in [1.82, 2.24) is 9.55 Å². The molecule has 4 heteroatoms. The molecule has 1 heterocycles. The molecule has 1 fully saturated rings. The predicted octanol–water partition coefficient (Wildman–Crippen LogP) is 4.09. The van der Waals surface area contributed by atoms with Crippen molar-refractivity contribution >= 4 is 17.5 Å². The molecule has 0 unspecified atom stereocenters. The Bertz CT molecular complexity index is 663. The van der Waals surface area contributed by atoms with E-state index in [9.17, 15) is 4.79 Å². The number of ketones is 1. The van der Waals surface area contributed by atoms with Crippen molar-refractivity contribution in [3.05, 3.63) is 41.7 Å². The number of hydrogen-bond donors (Lipinski definition) is 0. The molecule has 1 atom stereocenters. The lowest BCUT2D eigenvalue weighted by atomic mass is 9.99. The fraction of sp³-hybridized carbons (Fsp3) is 0.412. The molecule has 0 aliphatic heterocycles. The zero-order valence-electron chi connectivity index (χ0n) is 12.5. The highest BCUT2D eigenvalue weighted by Gasteiger charge is 2.25. The third-order valence-electron chi connectivity index (χ3n) is 3.96. The highest BCUT2D eigenvalue weighted by atomic mass is 32.2. The van der Waals surface area contributed by atoms with Crippen molar-refractivity contribution in [2.45, 2.75) is 49.9 Å². The summed E-state index contributed by atoms with van der Waals surface area (Å²) in [5.41, 5.74) is 3.63. The zero-order valence-corrected chi connectivity index (χ0v) is 13.3. The molecule has 0 amide bonds. The van der Waals surface area contributed by atoms with Crippen LogP contribution in [0.4, 0.5) is 0 Å². The van der Waals surface area contributed by atoms with Gasteiger partial charge in [-0.3, -0.25) is 9.36 Å². The summed E-state index contributed by atoms with van der Waals surface area (Å²) in [5.74, 6) is 0.376. The first-order valence-electron chi connectivity index (χ1n) is 7.45. The molecule has 0 saturated heterocycles. The summed E-state index contributed by atoms with van der Waals surface area (Å²) >= 11 is 1.62. The maximum atomic E-state index is 12.0. The maximum Gasteiger partial charge on any atom is 0.173 e. The first-order chi connectivity index (χ1) is 10.1. The summed E-state index contributed by atoms with van der Waals surface area (Å²) in [4.78, 5) is 16.5. The number of Topliss-reactive ketones (excluding diaryl/α,β-unsaturated/α-hetero) is 1. The Hall–Kier alpha value is -1.55. The fourth-order valence-electron chi connectivity index (χ4n) is 2.84. The lowest BCUT2D eigenvalue weighted by Gasteiger charge is -2.20. The van der Waals surface area contributed by atoms with Crippen LogP contribution in [0.1, 0.15) is 36.8 Å². The second kappa shape index (κ2) is 6.06. The summed E-state index contributed by atoms with van der Waals surface area (Å²) in [6, 6.07) is 6.41. The number of carbonyl (C=O) groups is 1. The second-order valence-corrected chi connectivity index (χ2v) is 6.86. The number of hydrogen-bond acceptors (Lipinski definition) is 3. The number of thioether (sulfide) groups is 1. The van der Waals surface area contributed by atoms with Gasteiger partial charge < -0.3 is 0 Å². The van der Waals surface area contributed by atoms with E-state index in [1.54, 1.807) is 11.8 Å². The van der Waals surface area contributed by atoms with Gasteiger partial charge >= 0.3 is 0 Å². The van der Waals surface area contributed by atoms with Crippen molar-refractivity contribution in [1.29, 1.82) is 0 Å². The van der Waals surface area contributed by atoms with Crippen LogP contribution in [0, 0.1) is 13.8 Å². The smallest absolute Gasteiger partial charge is 0.173 e. The predicted molar refractivity (Wildman–Crippen MR) is 86.2 cm³/mol. The standard InChI is InChI=1S/C17H20N2OS/c1-12-7-8-14(13(2)11-12)19-10-9-18-17(19)21-16-6-4-3-5-15(16)20/h7-11,16H,3-6H2,1-2H3/t16-/m1/s1. The number of rotatable bonds is 3. The van der Waals surface area contributed by atoms with Gasteiger partial charge in [0, 0.05) is 18.8 Å². The van der Waals surface area contributed by atoms with Gasteiger partial charge in [-0.2, -0.15) is 0 Å². The molecule has 0 N–H and O–H groups in total. The zero-order chi connectivity index (χ0) is 14.8. The monoisotopic (exact) mass is 300 g/mol. The summed E-state index contributed by atoms with van der Waals surface area (Å²) in [6.07, 6.45) is 7.68. The van der Waals surface area contributed by atoms with Crippen LogP contribution in [0.2, 0.25) is 0 Å². The van der Waals surface area contributed by atoms with Crippen LogP contribution in [0.5, 0.6) is 0 Å². The fourth-order valence-corrected chi connectivity index (χ4v) is 4.02. The van der Waals surface area contributed by atoms with Crippen molar-refractivity contribution in [2.24, 2.45) is 0 Å². The van der Waals surface area contributed by atoms with Crippen molar-refractivity contribution in [2.75, 3.05) is 0 Å². The highest BCUT2D eigenvalue weighted by Crippen LogP contribution is 2.32. The van der Waals surface area contributed by atoms with Gasteiger partial charge in [-0.15, -0.1) is 0 Å². The van der Waals surface area contributed by atoms with E-state index in [1.807, 2.05) is 12.4 Å². The molecular weight excluding hydrogens is 280 g/mol. The largest absolute Gasteiger partial charge is 0.298 e. The van der Waals surface area contributed by atoms with Crippen LogP contribution in [0.15, 0.2) is 35.7 Å². The lowest BCUT2D eigenvalue weighted by Crippen LogP contribution is -2.21. The average molecular weight is 300 g/mol.